The van der Waals surface area contributed by atoms with Crippen LogP contribution in [0.2, 0.25) is 0 Å². The Morgan fingerprint density at radius 3 is 2.33 bits per heavy atom. The van der Waals surface area contributed by atoms with E-state index in [0.717, 1.165) is 17.8 Å². The molecule has 4 heteroatoms. The molecule has 0 aliphatic carbocycles. The molecule has 18 heavy (non-hydrogen) atoms. The molecule has 0 atom stereocenters. The van der Waals surface area contributed by atoms with E-state index in [-0.39, 0.29) is 5.91 Å². The summed E-state index contributed by atoms with van der Waals surface area (Å²) >= 11 is 5.39. The van der Waals surface area contributed by atoms with E-state index < -0.39 is 0 Å². The number of thiocarbonyl (C=S) groups is 1. The molecule has 0 saturated carbocycles. The SMILES string of the molecule is CCN1CC(=O)N(c2cc(C)c(C)cc2C)C1=S. The van der Waals surface area contributed by atoms with Gasteiger partial charge in [-0.1, -0.05) is 6.07 Å². The van der Waals surface area contributed by atoms with Gasteiger partial charge in [-0.15, -0.1) is 0 Å². The number of hydrogen-bond acceptors (Lipinski definition) is 2. The van der Waals surface area contributed by atoms with E-state index in [2.05, 4.69) is 19.9 Å². The summed E-state index contributed by atoms with van der Waals surface area (Å²) in [5, 5.41) is 0.619. The molecule has 1 amide bonds. The maximum absolute atomic E-state index is 12.1. The molecule has 0 unspecified atom stereocenters. The lowest BCUT2D eigenvalue weighted by Crippen LogP contribution is -2.33. The van der Waals surface area contributed by atoms with Gasteiger partial charge in [0.2, 0.25) is 0 Å². The molecule has 1 aromatic carbocycles. The highest BCUT2D eigenvalue weighted by atomic mass is 32.1. The molecule has 0 radical (unpaired) electrons. The first-order valence-electron chi connectivity index (χ1n) is 6.15. The molecule has 1 aliphatic heterocycles. The van der Waals surface area contributed by atoms with Gasteiger partial charge in [0.1, 0.15) is 0 Å². The number of benzene rings is 1. The first-order chi connectivity index (χ1) is 8.45. The molecule has 2 rings (SSSR count). The second-order valence-electron chi connectivity index (χ2n) is 4.75. The summed E-state index contributed by atoms with van der Waals surface area (Å²) < 4.78 is 0. The fourth-order valence-corrected chi connectivity index (χ4v) is 2.61. The Balaban J connectivity index is 2.46. The Kier molecular flexibility index (Phi) is 3.39. The van der Waals surface area contributed by atoms with Crippen LogP contribution in [0.1, 0.15) is 23.6 Å². The molecule has 0 N–H and O–H groups in total. The highest BCUT2D eigenvalue weighted by molar-refractivity contribution is 7.80. The van der Waals surface area contributed by atoms with Gasteiger partial charge in [-0.3, -0.25) is 9.69 Å². The first kappa shape index (κ1) is 13.0. The normalized spacial score (nSPS) is 15.8. The zero-order valence-corrected chi connectivity index (χ0v) is 12.1. The zero-order valence-electron chi connectivity index (χ0n) is 11.3. The number of anilines is 1. The number of likely N-dealkylation sites (N-methyl/N-ethyl adjacent to an activating group) is 1. The molecule has 96 valence electrons. The van der Waals surface area contributed by atoms with Crippen LogP contribution < -0.4 is 4.90 Å². The van der Waals surface area contributed by atoms with Gasteiger partial charge in [-0.25, -0.2) is 0 Å². The van der Waals surface area contributed by atoms with Crippen LogP contribution in [0.3, 0.4) is 0 Å². The lowest BCUT2D eigenvalue weighted by atomic mass is 10.0. The van der Waals surface area contributed by atoms with Crippen molar-refractivity contribution in [2.75, 3.05) is 18.0 Å². The first-order valence-corrected chi connectivity index (χ1v) is 6.56. The molecule has 0 aromatic heterocycles. The van der Waals surface area contributed by atoms with Crippen LogP contribution in [0.25, 0.3) is 0 Å². The van der Waals surface area contributed by atoms with Gasteiger partial charge >= 0.3 is 0 Å². The second kappa shape index (κ2) is 4.69. The van der Waals surface area contributed by atoms with Gasteiger partial charge in [0, 0.05) is 6.54 Å². The van der Waals surface area contributed by atoms with Crippen molar-refractivity contribution in [3.8, 4) is 0 Å². The average molecular weight is 262 g/mol. The highest BCUT2D eigenvalue weighted by Gasteiger charge is 2.33. The summed E-state index contributed by atoms with van der Waals surface area (Å²) in [6, 6.07) is 4.16. The highest BCUT2D eigenvalue weighted by Crippen LogP contribution is 2.27. The lowest BCUT2D eigenvalue weighted by molar-refractivity contribution is -0.116. The fourth-order valence-electron chi connectivity index (χ4n) is 2.22. The molecular weight excluding hydrogens is 244 g/mol. The smallest absolute Gasteiger partial charge is 0.252 e. The second-order valence-corrected chi connectivity index (χ2v) is 5.11. The molecule has 3 nitrogen and oxygen atoms in total. The number of hydrogen-bond donors (Lipinski definition) is 0. The third kappa shape index (κ3) is 2.01. The average Bonchev–Trinajstić information content (AvgIpc) is 2.59. The van der Waals surface area contributed by atoms with Crippen molar-refractivity contribution < 1.29 is 4.79 Å². The molecule has 0 bridgehead atoms. The monoisotopic (exact) mass is 262 g/mol. The Bertz CT molecular complexity index is 525. The van der Waals surface area contributed by atoms with Crippen molar-refractivity contribution in [2.45, 2.75) is 27.7 Å². The molecule has 0 spiro atoms. The fraction of sp³-hybridized carbons (Fsp3) is 0.429. The van der Waals surface area contributed by atoms with Gasteiger partial charge in [0.05, 0.1) is 12.2 Å². The van der Waals surface area contributed by atoms with Crippen LogP contribution in [-0.2, 0) is 4.79 Å². The van der Waals surface area contributed by atoms with E-state index in [0.29, 0.717) is 11.7 Å². The topological polar surface area (TPSA) is 23.6 Å². The Hall–Kier alpha value is -1.42. The number of carbonyl (C=O) groups excluding carboxylic acids is 1. The van der Waals surface area contributed by atoms with Crippen molar-refractivity contribution in [3.05, 3.63) is 28.8 Å². The Morgan fingerprint density at radius 2 is 1.78 bits per heavy atom. The van der Waals surface area contributed by atoms with Crippen LogP contribution in [-0.4, -0.2) is 29.0 Å². The molecule has 1 aliphatic rings. The predicted octanol–water partition coefficient (Wildman–Crippen LogP) is 2.57. The van der Waals surface area contributed by atoms with Crippen molar-refractivity contribution in [1.29, 1.82) is 0 Å². The van der Waals surface area contributed by atoms with Crippen molar-refractivity contribution in [1.82, 2.24) is 4.90 Å². The summed E-state index contributed by atoms with van der Waals surface area (Å²) in [4.78, 5) is 15.7. The van der Waals surface area contributed by atoms with Crippen LogP contribution in [0.5, 0.6) is 0 Å². The number of rotatable bonds is 2. The van der Waals surface area contributed by atoms with Gasteiger partial charge in [-0.05, 0) is 62.7 Å². The largest absolute Gasteiger partial charge is 0.339 e. The number of carbonyl (C=O) groups is 1. The van der Waals surface area contributed by atoms with E-state index in [1.54, 1.807) is 4.90 Å². The summed E-state index contributed by atoms with van der Waals surface area (Å²) in [5.74, 6) is 0.0632. The number of amides is 1. The number of aryl methyl sites for hydroxylation is 3. The predicted molar refractivity (Wildman–Crippen MR) is 78.0 cm³/mol. The van der Waals surface area contributed by atoms with Crippen LogP contribution in [0.15, 0.2) is 12.1 Å². The van der Waals surface area contributed by atoms with E-state index in [1.165, 1.54) is 11.1 Å². The van der Waals surface area contributed by atoms with Crippen LogP contribution >= 0.6 is 12.2 Å². The minimum atomic E-state index is 0.0632. The molecular formula is C14H18N2OS. The van der Waals surface area contributed by atoms with Gasteiger partial charge in [0.15, 0.2) is 5.11 Å². The molecule has 1 aromatic rings. The van der Waals surface area contributed by atoms with Crippen molar-refractivity contribution >= 4 is 28.9 Å². The van der Waals surface area contributed by atoms with Crippen molar-refractivity contribution in [2.24, 2.45) is 0 Å². The van der Waals surface area contributed by atoms with Gasteiger partial charge in [0.25, 0.3) is 5.91 Å². The van der Waals surface area contributed by atoms with Crippen LogP contribution in [0.4, 0.5) is 5.69 Å². The third-order valence-corrected chi connectivity index (χ3v) is 3.91. The quantitative estimate of drug-likeness (QED) is 0.765. The maximum atomic E-state index is 12.1. The molecule has 1 heterocycles. The van der Waals surface area contributed by atoms with Crippen LogP contribution in [0, 0.1) is 20.8 Å². The number of nitrogens with zero attached hydrogens (tertiary/aromatic N) is 2. The molecule has 1 saturated heterocycles. The van der Waals surface area contributed by atoms with E-state index in [9.17, 15) is 4.79 Å². The van der Waals surface area contributed by atoms with E-state index in [4.69, 9.17) is 12.2 Å². The minimum absolute atomic E-state index is 0.0632. The lowest BCUT2D eigenvalue weighted by Gasteiger charge is -2.21. The third-order valence-electron chi connectivity index (χ3n) is 3.47. The Morgan fingerprint density at radius 1 is 1.17 bits per heavy atom. The van der Waals surface area contributed by atoms with Crippen molar-refractivity contribution in [3.63, 3.8) is 0 Å². The van der Waals surface area contributed by atoms with Gasteiger partial charge in [-0.2, -0.15) is 0 Å². The maximum Gasteiger partial charge on any atom is 0.252 e. The molecule has 1 fully saturated rings. The van der Waals surface area contributed by atoms with E-state index >= 15 is 0 Å². The summed E-state index contributed by atoms with van der Waals surface area (Å²) in [6.45, 7) is 9.32. The van der Waals surface area contributed by atoms with Gasteiger partial charge < -0.3 is 4.90 Å². The Labute approximate surface area is 113 Å². The minimum Gasteiger partial charge on any atom is -0.339 e. The summed E-state index contributed by atoms with van der Waals surface area (Å²) in [5.41, 5.74) is 4.43. The summed E-state index contributed by atoms with van der Waals surface area (Å²) in [7, 11) is 0. The zero-order chi connectivity index (χ0) is 13.4. The standard InChI is InChI=1S/C14H18N2OS/c1-5-15-8-13(17)16(14(15)18)12-7-10(3)9(2)6-11(12)4/h6-7H,5,8H2,1-4H3. The van der Waals surface area contributed by atoms with E-state index in [1.807, 2.05) is 24.8 Å². The summed E-state index contributed by atoms with van der Waals surface area (Å²) in [6.07, 6.45) is 0.